The second-order valence-electron chi connectivity index (χ2n) is 3.52. The number of aliphatic hydroxyl groups is 1. The van der Waals surface area contributed by atoms with E-state index in [9.17, 15) is 9.90 Å². The molecule has 0 aliphatic rings. The number of carbonyl (C=O) groups excluding carboxylic acids is 1. The molecular weight excluding hydrogens is 246 g/mol. The van der Waals surface area contributed by atoms with E-state index >= 15 is 0 Å². The fourth-order valence-corrected chi connectivity index (χ4v) is 1.43. The van der Waals surface area contributed by atoms with Crippen molar-refractivity contribution in [3.05, 3.63) is 23.2 Å². The first kappa shape index (κ1) is 13.8. The van der Waals surface area contributed by atoms with Crippen molar-refractivity contribution in [3.63, 3.8) is 0 Å². The number of hydrogen-bond acceptors (Lipinski definition) is 5. The van der Waals surface area contributed by atoms with Crippen LogP contribution in [0.25, 0.3) is 0 Å². The van der Waals surface area contributed by atoms with E-state index in [1.54, 1.807) is 7.05 Å². The molecular formula is C10H14ClN3O3. The number of carbonyl (C=O) groups is 1. The third-order valence-corrected chi connectivity index (χ3v) is 2.20. The molecule has 0 aromatic carbocycles. The smallest absolute Gasteiger partial charge is 0.273 e. The highest BCUT2D eigenvalue weighted by Gasteiger charge is 2.17. The molecule has 1 N–H and O–H groups in total. The van der Waals surface area contributed by atoms with Crippen molar-refractivity contribution in [1.82, 2.24) is 14.9 Å². The first-order chi connectivity index (χ1) is 8.04. The van der Waals surface area contributed by atoms with Crippen molar-refractivity contribution >= 4 is 17.5 Å². The van der Waals surface area contributed by atoms with Gasteiger partial charge in [-0.2, -0.15) is 0 Å². The van der Waals surface area contributed by atoms with Gasteiger partial charge in [-0.1, -0.05) is 11.6 Å². The van der Waals surface area contributed by atoms with Crippen LogP contribution >= 0.6 is 11.6 Å². The molecule has 94 valence electrons. The van der Waals surface area contributed by atoms with Crippen molar-refractivity contribution in [3.8, 4) is 0 Å². The molecule has 0 bridgehead atoms. The van der Waals surface area contributed by atoms with Crippen LogP contribution in [0.3, 0.4) is 0 Å². The van der Waals surface area contributed by atoms with E-state index in [0.717, 1.165) is 0 Å². The van der Waals surface area contributed by atoms with Crippen LogP contribution in [0.15, 0.2) is 12.4 Å². The second kappa shape index (κ2) is 6.48. The van der Waals surface area contributed by atoms with Crippen LogP contribution in [0.2, 0.25) is 5.15 Å². The van der Waals surface area contributed by atoms with Crippen LogP contribution in [0.4, 0.5) is 0 Å². The first-order valence-electron chi connectivity index (χ1n) is 4.94. The molecule has 1 rings (SSSR count). The number of amides is 1. The van der Waals surface area contributed by atoms with Crippen molar-refractivity contribution in [2.45, 2.75) is 6.10 Å². The SMILES string of the molecule is COCC(O)CN(C)C(=O)c1cncc(Cl)n1. The van der Waals surface area contributed by atoms with Crippen LogP contribution in [0.1, 0.15) is 10.5 Å². The molecule has 17 heavy (non-hydrogen) atoms. The topological polar surface area (TPSA) is 75.6 Å². The van der Waals surface area contributed by atoms with Gasteiger partial charge >= 0.3 is 0 Å². The minimum absolute atomic E-state index is 0.143. The maximum atomic E-state index is 11.8. The molecule has 0 saturated heterocycles. The Morgan fingerprint density at radius 3 is 2.94 bits per heavy atom. The van der Waals surface area contributed by atoms with E-state index in [-0.39, 0.29) is 29.9 Å². The van der Waals surface area contributed by atoms with Crippen molar-refractivity contribution in [1.29, 1.82) is 0 Å². The summed E-state index contributed by atoms with van der Waals surface area (Å²) in [5, 5.41) is 9.64. The summed E-state index contributed by atoms with van der Waals surface area (Å²) in [6, 6.07) is 0. The van der Waals surface area contributed by atoms with E-state index in [1.807, 2.05) is 0 Å². The van der Waals surface area contributed by atoms with Crippen LogP contribution in [0, 0.1) is 0 Å². The Kier molecular flexibility index (Phi) is 5.27. The molecule has 1 heterocycles. The lowest BCUT2D eigenvalue weighted by molar-refractivity contribution is 0.0377. The average molecular weight is 260 g/mol. The molecule has 0 saturated carbocycles. The number of rotatable bonds is 5. The zero-order chi connectivity index (χ0) is 12.8. The predicted molar refractivity (Wildman–Crippen MR) is 61.9 cm³/mol. The summed E-state index contributed by atoms with van der Waals surface area (Å²) in [6.45, 7) is 0.319. The van der Waals surface area contributed by atoms with Gasteiger partial charge in [0.15, 0.2) is 0 Å². The molecule has 6 nitrogen and oxygen atoms in total. The highest BCUT2D eigenvalue weighted by Crippen LogP contribution is 2.05. The van der Waals surface area contributed by atoms with Crippen molar-refractivity contribution in [2.24, 2.45) is 0 Å². The number of aromatic nitrogens is 2. The Morgan fingerprint density at radius 1 is 1.65 bits per heavy atom. The van der Waals surface area contributed by atoms with Crippen LogP contribution in [-0.4, -0.2) is 59.3 Å². The highest BCUT2D eigenvalue weighted by molar-refractivity contribution is 6.29. The lowest BCUT2D eigenvalue weighted by atomic mass is 10.3. The highest BCUT2D eigenvalue weighted by atomic mass is 35.5. The van der Waals surface area contributed by atoms with Crippen LogP contribution in [-0.2, 0) is 4.74 Å². The lowest BCUT2D eigenvalue weighted by Crippen LogP contribution is -2.36. The summed E-state index contributed by atoms with van der Waals surface area (Å²) in [5.74, 6) is -0.352. The summed E-state index contributed by atoms with van der Waals surface area (Å²) in [7, 11) is 3.04. The third kappa shape index (κ3) is 4.26. The van der Waals surface area contributed by atoms with Gasteiger partial charge in [0.2, 0.25) is 0 Å². The summed E-state index contributed by atoms with van der Waals surface area (Å²) < 4.78 is 4.77. The maximum absolute atomic E-state index is 11.8. The van der Waals surface area contributed by atoms with E-state index in [2.05, 4.69) is 9.97 Å². The quantitative estimate of drug-likeness (QED) is 0.818. The van der Waals surface area contributed by atoms with Gasteiger partial charge in [-0.05, 0) is 0 Å². The van der Waals surface area contributed by atoms with E-state index in [4.69, 9.17) is 16.3 Å². The number of methoxy groups -OCH3 is 1. The van der Waals surface area contributed by atoms with Gasteiger partial charge in [0.1, 0.15) is 10.8 Å². The van der Waals surface area contributed by atoms with Crippen molar-refractivity contribution < 1.29 is 14.6 Å². The van der Waals surface area contributed by atoms with Gasteiger partial charge in [-0.25, -0.2) is 4.98 Å². The number of aliphatic hydroxyl groups excluding tert-OH is 1. The number of nitrogens with zero attached hydrogens (tertiary/aromatic N) is 3. The predicted octanol–water partition coefficient (Wildman–Crippen LogP) is 0.209. The molecule has 1 atom stereocenters. The standard InChI is InChI=1S/C10H14ClN3O3/c1-14(5-7(15)6-17-2)10(16)8-3-12-4-9(11)13-8/h3-4,7,15H,5-6H2,1-2H3. The van der Waals surface area contributed by atoms with Crippen molar-refractivity contribution in [2.75, 3.05) is 27.3 Å². The largest absolute Gasteiger partial charge is 0.389 e. The molecule has 1 aromatic rings. The molecule has 7 heteroatoms. The Morgan fingerprint density at radius 2 is 2.35 bits per heavy atom. The molecule has 0 aliphatic heterocycles. The van der Waals surface area contributed by atoms with Gasteiger partial charge in [0.25, 0.3) is 5.91 Å². The Bertz CT molecular complexity index is 389. The molecule has 0 spiro atoms. The fourth-order valence-electron chi connectivity index (χ4n) is 1.28. The van der Waals surface area contributed by atoms with E-state index in [1.165, 1.54) is 24.4 Å². The molecule has 0 fully saturated rings. The number of ether oxygens (including phenoxy) is 1. The molecule has 1 aromatic heterocycles. The molecule has 1 amide bonds. The minimum atomic E-state index is -0.735. The van der Waals surface area contributed by atoms with Crippen LogP contribution < -0.4 is 0 Å². The monoisotopic (exact) mass is 259 g/mol. The average Bonchev–Trinajstić information content (AvgIpc) is 2.28. The fraction of sp³-hybridized carbons (Fsp3) is 0.500. The Balaban J connectivity index is 2.63. The lowest BCUT2D eigenvalue weighted by Gasteiger charge is -2.19. The van der Waals surface area contributed by atoms with Gasteiger partial charge in [-0.3, -0.25) is 9.78 Å². The van der Waals surface area contributed by atoms with Gasteiger partial charge in [0.05, 0.1) is 25.1 Å². The van der Waals surface area contributed by atoms with Crippen LogP contribution in [0.5, 0.6) is 0 Å². The van der Waals surface area contributed by atoms with Gasteiger partial charge in [0, 0.05) is 20.7 Å². The van der Waals surface area contributed by atoms with Gasteiger partial charge < -0.3 is 14.7 Å². The first-order valence-corrected chi connectivity index (χ1v) is 5.32. The summed E-state index contributed by atoms with van der Waals surface area (Å²) >= 11 is 5.64. The van der Waals surface area contributed by atoms with E-state index in [0.29, 0.717) is 0 Å². The zero-order valence-corrected chi connectivity index (χ0v) is 10.4. The summed E-state index contributed by atoms with van der Waals surface area (Å²) in [6.07, 6.45) is 1.94. The van der Waals surface area contributed by atoms with E-state index < -0.39 is 6.10 Å². The Hall–Kier alpha value is -1.24. The second-order valence-corrected chi connectivity index (χ2v) is 3.91. The Labute approximate surface area is 104 Å². The normalized spacial score (nSPS) is 12.2. The summed E-state index contributed by atoms with van der Waals surface area (Å²) in [5.41, 5.74) is 0.143. The summed E-state index contributed by atoms with van der Waals surface area (Å²) in [4.78, 5) is 20.8. The molecule has 1 unspecified atom stereocenters. The number of hydrogen-bond donors (Lipinski definition) is 1. The third-order valence-electron chi connectivity index (χ3n) is 2.01. The number of halogens is 1. The van der Waals surface area contributed by atoms with Gasteiger partial charge in [-0.15, -0.1) is 0 Å². The molecule has 0 aliphatic carbocycles. The molecule has 0 radical (unpaired) electrons. The maximum Gasteiger partial charge on any atom is 0.273 e. The zero-order valence-electron chi connectivity index (χ0n) is 9.63. The minimum Gasteiger partial charge on any atom is -0.389 e. The number of likely N-dealkylation sites (N-methyl/N-ethyl adjacent to an activating group) is 1.